The van der Waals surface area contributed by atoms with Crippen molar-refractivity contribution >= 4 is 65.8 Å². The SMILES string of the molecule is C=C(C)C(=O)OCC(C)(COC(=O)C(=C)C)C(=O)OCCS(=O)(=O)O.[CaH2]. The molecule has 146 valence electrons. The van der Waals surface area contributed by atoms with Crippen LogP contribution in [0.5, 0.6) is 0 Å². The van der Waals surface area contributed by atoms with Gasteiger partial charge in [-0.1, -0.05) is 13.2 Å². The summed E-state index contributed by atoms with van der Waals surface area (Å²) in [6, 6.07) is 0. The van der Waals surface area contributed by atoms with Crippen molar-refractivity contribution in [1.29, 1.82) is 0 Å². The molecule has 1 N–H and O–H groups in total. The van der Waals surface area contributed by atoms with Crippen LogP contribution in [-0.2, 0) is 38.7 Å². The Bertz CT molecular complexity index is 637. The second-order valence-electron chi connectivity index (χ2n) is 5.70. The van der Waals surface area contributed by atoms with Gasteiger partial charge in [0.15, 0.2) is 0 Å². The molecule has 11 heteroatoms. The van der Waals surface area contributed by atoms with Crippen LogP contribution in [0.15, 0.2) is 24.3 Å². The molecule has 0 aromatic carbocycles. The van der Waals surface area contributed by atoms with Crippen molar-refractivity contribution in [1.82, 2.24) is 0 Å². The van der Waals surface area contributed by atoms with Gasteiger partial charge in [-0.2, -0.15) is 8.42 Å². The molecule has 0 unspecified atom stereocenters. The number of hydrogen-bond donors (Lipinski definition) is 1. The first-order valence-corrected chi connectivity index (χ1v) is 8.67. The minimum atomic E-state index is -4.31. The first kappa shape index (κ1) is 27.3. The first-order valence-electron chi connectivity index (χ1n) is 7.06. The molecule has 0 fully saturated rings. The predicted molar refractivity (Wildman–Crippen MR) is 95.6 cm³/mol. The van der Waals surface area contributed by atoms with Gasteiger partial charge >= 0.3 is 55.6 Å². The molecule has 0 saturated heterocycles. The average molecular weight is 420 g/mol. The summed E-state index contributed by atoms with van der Waals surface area (Å²) in [7, 11) is -4.31. The van der Waals surface area contributed by atoms with E-state index in [2.05, 4.69) is 13.2 Å². The van der Waals surface area contributed by atoms with E-state index in [1.165, 1.54) is 20.8 Å². The van der Waals surface area contributed by atoms with Gasteiger partial charge in [0.25, 0.3) is 10.1 Å². The molecule has 0 amide bonds. The summed E-state index contributed by atoms with van der Waals surface area (Å²) in [5.74, 6) is -3.29. The van der Waals surface area contributed by atoms with Gasteiger partial charge in [0, 0.05) is 11.1 Å². The van der Waals surface area contributed by atoms with Crippen LogP contribution in [0, 0.1) is 5.41 Å². The molecular weight excluding hydrogens is 396 g/mol. The van der Waals surface area contributed by atoms with Crippen LogP contribution in [0.1, 0.15) is 20.8 Å². The number of ether oxygens (including phenoxy) is 3. The molecule has 0 atom stereocenters. The predicted octanol–water partition coefficient (Wildman–Crippen LogP) is -0.254. The van der Waals surface area contributed by atoms with Crippen LogP contribution in [0.2, 0.25) is 0 Å². The third-order valence-corrected chi connectivity index (χ3v) is 3.49. The Kier molecular flexibility index (Phi) is 12.3. The summed E-state index contributed by atoms with van der Waals surface area (Å²) in [6.07, 6.45) is 0. The Hall–Kier alpha value is -0.940. The molecular formula is C15H24CaO9S. The molecule has 0 rings (SSSR count). The maximum absolute atomic E-state index is 12.2. The molecule has 0 aliphatic rings. The van der Waals surface area contributed by atoms with E-state index in [0.717, 1.165) is 0 Å². The van der Waals surface area contributed by atoms with E-state index in [9.17, 15) is 22.8 Å². The van der Waals surface area contributed by atoms with Gasteiger partial charge in [-0.3, -0.25) is 9.35 Å². The molecule has 0 saturated carbocycles. The average Bonchev–Trinajstić information content (AvgIpc) is 2.48. The number of hydrogen-bond acceptors (Lipinski definition) is 8. The van der Waals surface area contributed by atoms with Crippen LogP contribution in [0.4, 0.5) is 0 Å². The molecule has 9 nitrogen and oxygen atoms in total. The fourth-order valence-electron chi connectivity index (χ4n) is 1.27. The topological polar surface area (TPSA) is 133 Å². The van der Waals surface area contributed by atoms with Gasteiger partial charge in [-0.25, -0.2) is 9.59 Å². The van der Waals surface area contributed by atoms with Crippen LogP contribution in [0.25, 0.3) is 0 Å². The van der Waals surface area contributed by atoms with Crippen molar-refractivity contribution in [2.24, 2.45) is 5.41 Å². The zero-order valence-electron chi connectivity index (χ0n) is 14.4. The fourth-order valence-corrected chi connectivity index (χ4v) is 1.56. The Morgan fingerprint density at radius 1 is 0.962 bits per heavy atom. The number of carbonyl (C=O) groups is 3. The van der Waals surface area contributed by atoms with Crippen molar-refractivity contribution < 1.29 is 41.6 Å². The van der Waals surface area contributed by atoms with E-state index in [1.807, 2.05) is 0 Å². The second kappa shape index (κ2) is 11.7. The fraction of sp³-hybridized carbons (Fsp3) is 0.533. The van der Waals surface area contributed by atoms with Crippen LogP contribution in [-0.4, -0.2) is 94.2 Å². The Labute approximate surface area is 182 Å². The third kappa shape index (κ3) is 10.9. The first-order chi connectivity index (χ1) is 11.3. The van der Waals surface area contributed by atoms with Gasteiger partial charge < -0.3 is 14.2 Å². The zero-order chi connectivity index (χ0) is 19.8. The molecule has 0 aromatic heterocycles. The summed E-state index contributed by atoms with van der Waals surface area (Å²) >= 11 is 0. The molecule has 0 aliphatic heterocycles. The van der Waals surface area contributed by atoms with E-state index in [1.54, 1.807) is 0 Å². The summed E-state index contributed by atoms with van der Waals surface area (Å²) in [5.41, 5.74) is -1.39. The molecule has 0 radical (unpaired) electrons. The molecule has 0 aliphatic carbocycles. The zero-order valence-corrected chi connectivity index (χ0v) is 15.2. The summed E-state index contributed by atoms with van der Waals surface area (Å²) in [6.45, 7) is 9.31. The summed E-state index contributed by atoms with van der Waals surface area (Å²) in [4.78, 5) is 35.2. The van der Waals surface area contributed by atoms with E-state index in [4.69, 9.17) is 18.8 Å². The number of esters is 3. The molecule has 0 heterocycles. The van der Waals surface area contributed by atoms with Gasteiger partial charge in [-0.05, 0) is 20.8 Å². The van der Waals surface area contributed by atoms with Crippen LogP contribution >= 0.6 is 0 Å². The third-order valence-electron chi connectivity index (χ3n) is 2.81. The van der Waals surface area contributed by atoms with E-state index in [0.29, 0.717) is 0 Å². The van der Waals surface area contributed by atoms with Crippen molar-refractivity contribution in [3.8, 4) is 0 Å². The van der Waals surface area contributed by atoms with E-state index < -0.39 is 59.0 Å². The summed E-state index contributed by atoms with van der Waals surface area (Å²) in [5, 5.41) is 0. The van der Waals surface area contributed by atoms with Crippen molar-refractivity contribution in [2.75, 3.05) is 25.6 Å². The van der Waals surface area contributed by atoms with Gasteiger partial charge in [0.05, 0.1) is 0 Å². The van der Waals surface area contributed by atoms with Gasteiger partial charge in [0.1, 0.15) is 31.0 Å². The minimum absolute atomic E-state index is 0. The quantitative estimate of drug-likeness (QED) is 0.167. The number of carbonyl (C=O) groups excluding carboxylic acids is 3. The molecule has 0 aromatic rings. The standard InChI is InChI=1S/C15H22O9S.Ca.2H/c1-10(2)12(16)23-8-15(5,9-24-13(17)11(3)4)14(18)22-6-7-25(19,20)21;;;/h1,3,6-9H2,2,4-5H3,(H,19,20,21);;;. The normalized spacial score (nSPS) is 10.9. The summed E-state index contributed by atoms with van der Waals surface area (Å²) < 4.78 is 44.5. The maximum atomic E-state index is 12.2. The molecule has 0 spiro atoms. The van der Waals surface area contributed by atoms with Crippen molar-refractivity contribution in [3.05, 3.63) is 24.3 Å². The molecule has 26 heavy (non-hydrogen) atoms. The van der Waals surface area contributed by atoms with E-state index >= 15 is 0 Å². The van der Waals surface area contributed by atoms with Crippen molar-refractivity contribution in [2.45, 2.75) is 20.8 Å². The molecule has 0 bridgehead atoms. The van der Waals surface area contributed by atoms with Crippen LogP contribution in [0.3, 0.4) is 0 Å². The Balaban J connectivity index is 0. The van der Waals surface area contributed by atoms with Crippen molar-refractivity contribution in [3.63, 3.8) is 0 Å². The Morgan fingerprint density at radius 2 is 1.35 bits per heavy atom. The van der Waals surface area contributed by atoms with Gasteiger partial charge in [0.2, 0.25) is 0 Å². The second-order valence-corrected chi connectivity index (χ2v) is 7.27. The Morgan fingerprint density at radius 3 is 1.65 bits per heavy atom. The number of rotatable bonds is 10. The monoisotopic (exact) mass is 420 g/mol. The van der Waals surface area contributed by atoms with Gasteiger partial charge in [-0.15, -0.1) is 0 Å². The van der Waals surface area contributed by atoms with Crippen LogP contribution < -0.4 is 0 Å². The van der Waals surface area contributed by atoms with E-state index in [-0.39, 0.29) is 48.9 Å².